The predicted molar refractivity (Wildman–Crippen MR) is 95.2 cm³/mol. The fraction of sp³-hybridized carbons (Fsp3) is 0.235. The second kappa shape index (κ2) is 9.03. The van der Waals surface area contributed by atoms with Crippen molar-refractivity contribution in [2.75, 3.05) is 20.8 Å². The molecule has 1 aromatic carbocycles. The van der Waals surface area contributed by atoms with E-state index in [0.29, 0.717) is 6.07 Å². The Morgan fingerprint density at radius 2 is 1.87 bits per heavy atom. The Morgan fingerprint density at radius 1 is 1.20 bits per heavy atom. The molecular formula is C17H13ClF4N2O6. The molecule has 0 aliphatic heterocycles. The summed E-state index contributed by atoms with van der Waals surface area (Å²) in [5.41, 5.74) is -5.24. The first-order valence-corrected chi connectivity index (χ1v) is 8.24. The van der Waals surface area contributed by atoms with Gasteiger partial charge >= 0.3 is 17.8 Å². The summed E-state index contributed by atoms with van der Waals surface area (Å²) in [5, 5.41) is -0.277. The number of hydrogen-bond acceptors (Lipinski definition) is 6. The molecule has 8 nitrogen and oxygen atoms in total. The number of alkyl halides is 3. The van der Waals surface area contributed by atoms with E-state index in [2.05, 4.69) is 4.74 Å². The fourth-order valence-corrected chi connectivity index (χ4v) is 2.38. The normalized spacial score (nSPS) is 11.9. The van der Waals surface area contributed by atoms with Gasteiger partial charge in [-0.15, -0.1) is 0 Å². The molecule has 0 aliphatic carbocycles. The molecule has 2 aromatic rings. The molecule has 0 unspecified atom stereocenters. The van der Waals surface area contributed by atoms with Gasteiger partial charge in [0.2, 0.25) is 0 Å². The summed E-state index contributed by atoms with van der Waals surface area (Å²) in [6.45, 7) is -0.380. The molecule has 0 bridgehead atoms. The number of halogens is 5. The maximum absolute atomic E-state index is 14.3. The minimum atomic E-state index is -4.98. The Kier molecular flexibility index (Phi) is 6.92. The van der Waals surface area contributed by atoms with Crippen LogP contribution in [-0.2, 0) is 20.4 Å². The zero-order valence-electron chi connectivity index (χ0n) is 15.3. The van der Waals surface area contributed by atoms with Gasteiger partial charge in [-0.3, -0.25) is 4.79 Å². The van der Waals surface area contributed by atoms with Gasteiger partial charge in [-0.05, 0) is 6.07 Å². The van der Waals surface area contributed by atoms with Crippen molar-refractivity contribution < 1.29 is 36.6 Å². The Bertz CT molecular complexity index is 1080. The Labute approximate surface area is 170 Å². The smallest absolute Gasteiger partial charge is 0.431 e. The minimum Gasteiger partial charge on any atom is -0.497 e. The number of carbonyl (C=O) groups excluding carboxylic acids is 1. The number of nitrogens with one attached hydrogen (secondary N) is 1. The quantitative estimate of drug-likeness (QED) is 0.313. The van der Waals surface area contributed by atoms with Crippen LogP contribution in [0.25, 0.3) is 5.69 Å². The molecule has 0 saturated carbocycles. The Balaban J connectivity index is 2.48. The third kappa shape index (κ3) is 5.20. The van der Waals surface area contributed by atoms with E-state index in [-0.39, 0.29) is 33.8 Å². The molecule has 1 N–H and O–H groups in total. The van der Waals surface area contributed by atoms with Gasteiger partial charge in [0.15, 0.2) is 0 Å². The largest absolute Gasteiger partial charge is 0.497 e. The second-order valence-corrected chi connectivity index (χ2v) is 5.93. The summed E-state index contributed by atoms with van der Waals surface area (Å²) < 4.78 is 67.3. The lowest BCUT2D eigenvalue weighted by Crippen LogP contribution is -2.36. The first-order valence-electron chi connectivity index (χ1n) is 7.86. The van der Waals surface area contributed by atoms with Crippen LogP contribution in [0.1, 0.15) is 5.69 Å². The number of aromatic nitrogens is 2. The van der Waals surface area contributed by atoms with Crippen LogP contribution in [0.4, 0.5) is 17.6 Å². The first kappa shape index (κ1) is 23.0. The van der Waals surface area contributed by atoms with Crippen LogP contribution >= 0.6 is 11.6 Å². The molecule has 0 radical (unpaired) electrons. The van der Waals surface area contributed by atoms with Gasteiger partial charge in [0.05, 0.1) is 31.0 Å². The molecular weight excluding hydrogens is 440 g/mol. The van der Waals surface area contributed by atoms with Gasteiger partial charge in [0, 0.05) is 12.1 Å². The van der Waals surface area contributed by atoms with Crippen molar-refractivity contribution in [3.8, 4) is 11.4 Å². The highest BCUT2D eigenvalue weighted by Gasteiger charge is 2.33. The second-order valence-electron chi connectivity index (χ2n) is 5.52. The Hall–Kier alpha value is -3.28. The molecule has 0 spiro atoms. The van der Waals surface area contributed by atoms with E-state index in [1.165, 1.54) is 12.1 Å². The van der Waals surface area contributed by atoms with E-state index < -0.39 is 40.6 Å². The zero-order valence-corrected chi connectivity index (χ0v) is 16.1. The molecule has 30 heavy (non-hydrogen) atoms. The van der Waals surface area contributed by atoms with Crippen molar-refractivity contribution in [2.45, 2.75) is 6.18 Å². The molecule has 162 valence electrons. The molecule has 1 aromatic heterocycles. The van der Waals surface area contributed by atoms with Crippen molar-refractivity contribution in [2.24, 2.45) is 0 Å². The summed E-state index contributed by atoms with van der Waals surface area (Å²) in [6, 6.07) is 1.65. The number of methoxy groups -OCH3 is 2. The van der Waals surface area contributed by atoms with Gasteiger partial charge < -0.3 is 19.2 Å². The van der Waals surface area contributed by atoms with Crippen LogP contribution in [-0.4, -0.2) is 36.3 Å². The monoisotopic (exact) mass is 452 g/mol. The van der Waals surface area contributed by atoms with Crippen LogP contribution < -0.4 is 16.0 Å². The van der Waals surface area contributed by atoms with Crippen molar-refractivity contribution in [3.63, 3.8) is 0 Å². The van der Waals surface area contributed by atoms with Crippen LogP contribution in [0.15, 0.2) is 39.6 Å². The fourth-order valence-electron chi connectivity index (χ4n) is 2.18. The molecule has 0 aliphatic rings. The van der Waals surface area contributed by atoms with Gasteiger partial charge in [-0.2, -0.15) is 13.2 Å². The highest BCUT2D eigenvalue weighted by Crippen LogP contribution is 2.30. The van der Waals surface area contributed by atoms with E-state index in [9.17, 15) is 31.9 Å². The maximum Gasteiger partial charge on any atom is 0.431 e. The highest BCUT2D eigenvalue weighted by atomic mass is 35.5. The topological polar surface area (TPSA) is 99.6 Å². The number of esters is 1. The number of ether oxygens (including phenoxy) is 3. The van der Waals surface area contributed by atoms with Crippen molar-refractivity contribution in [1.29, 1.82) is 0 Å². The van der Waals surface area contributed by atoms with E-state index in [0.717, 1.165) is 19.3 Å². The molecule has 13 heteroatoms. The van der Waals surface area contributed by atoms with E-state index in [1.807, 2.05) is 0 Å². The van der Waals surface area contributed by atoms with Crippen molar-refractivity contribution in [1.82, 2.24) is 9.55 Å². The van der Waals surface area contributed by atoms with Crippen molar-refractivity contribution in [3.05, 3.63) is 67.4 Å². The third-order valence-corrected chi connectivity index (χ3v) is 3.89. The van der Waals surface area contributed by atoms with E-state index in [1.54, 1.807) is 0 Å². The molecule has 0 saturated heterocycles. The average molecular weight is 453 g/mol. The lowest BCUT2D eigenvalue weighted by Gasteiger charge is -2.13. The molecule has 0 fully saturated rings. The number of benzene rings is 1. The van der Waals surface area contributed by atoms with Gasteiger partial charge in [0.25, 0.3) is 5.56 Å². The molecule has 1 heterocycles. The summed E-state index contributed by atoms with van der Waals surface area (Å²) in [5.74, 6) is -2.17. The van der Waals surface area contributed by atoms with Crippen LogP contribution in [0.5, 0.6) is 5.75 Å². The summed E-state index contributed by atoms with van der Waals surface area (Å²) >= 11 is 5.87. The number of H-pyrrole nitrogens is 1. The molecule has 0 atom stereocenters. The van der Waals surface area contributed by atoms with E-state index in [4.69, 9.17) is 21.1 Å². The molecule has 2 rings (SSSR count). The highest BCUT2D eigenvalue weighted by molar-refractivity contribution is 6.32. The molecule has 0 amide bonds. The van der Waals surface area contributed by atoms with Gasteiger partial charge in [-0.1, -0.05) is 11.6 Å². The minimum absolute atomic E-state index is 0.00617. The predicted octanol–water partition coefficient (Wildman–Crippen LogP) is 2.42. The third-order valence-electron chi connectivity index (χ3n) is 3.59. The number of hydrogen-bond donors (Lipinski definition) is 1. The zero-order chi connectivity index (χ0) is 22.6. The SMILES string of the molecule is COC(=O)/C=C(\COc1cc(-n2c(=O)cc(C(F)(F)F)[nH]c2=O)c(F)cc1Cl)OC. The lowest BCUT2D eigenvalue weighted by atomic mass is 10.2. The van der Waals surface area contributed by atoms with Crippen LogP contribution in [0, 0.1) is 5.82 Å². The number of rotatable bonds is 6. The maximum atomic E-state index is 14.3. The van der Waals surface area contributed by atoms with Crippen molar-refractivity contribution >= 4 is 17.6 Å². The first-order chi connectivity index (χ1) is 14.0. The summed E-state index contributed by atoms with van der Waals surface area (Å²) in [6.07, 6.45) is -4.02. The van der Waals surface area contributed by atoms with Crippen LogP contribution in [0.2, 0.25) is 5.02 Å². The number of carbonyl (C=O) groups is 1. The Morgan fingerprint density at radius 3 is 2.40 bits per heavy atom. The summed E-state index contributed by atoms with van der Waals surface area (Å²) in [7, 11) is 2.37. The number of nitrogens with zero attached hydrogens (tertiary/aromatic N) is 1. The average Bonchev–Trinajstić information content (AvgIpc) is 2.65. The summed E-state index contributed by atoms with van der Waals surface area (Å²) in [4.78, 5) is 36.8. The lowest BCUT2D eigenvalue weighted by molar-refractivity contribution is -0.141. The standard InChI is InChI=1S/C17H13ClF4N2O6/c1-28-8(3-15(26)29-2)7-30-12-5-11(10(19)4-9(12)18)24-14(25)6-13(17(20,21)22)23-16(24)27/h3-6H,7H2,1-2H3,(H,23,27)/b8-3+. The van der Waals surface area contributed by atoms with Gasteiger partial charge in [-0.25, -0.2) is 18.5 Å². The number of aromatic amines is 1. The van der Waals surface area contributed by atoms with E-state index >= 15 is 0 Å². The van der Waals surface area contributed by atoms with Crippen LogP contribution in [0.3, 0.4) is 0 Å². The van der Waals surface area contributed by atoms with Gasteiger partial charge in [0.1, 0.15) is 29.6 Å².